The fourth-order valence-electron chi connectivity index (χ4n) is 1.67. The highest BCUT2D eigenvalue weighted by Gasteiger charge is 2.25. The molecule has 0 aromatic heterocycles. The maximum Gasteiger partial charge on any atom is 0.0700 e. The molecule has 1 heterocycles. The summed E-state index contributed by atoms with van der Waals surface area (Å²) in [6.45, 7) is 7.00. The molecule has 0 aromatic carbocycles. The molecule has 0 spiro atoms. The van der Waals surface area contributed by atoms with Crippen LogP contribution in [0.2, 0.25) is 0 Å². The summed E-state index contributed by atoms with van der Waals surface area (Å²) in [5.41, 5.74) is 0.239. The number of rotatable bonds is 7. The third kappa shape index (κ3) is 5.47. The van der Waals surface area contributed by atoms with Gasteiger partial charge >= 0.3 is 0 Å². The van der Waals surface area contributed by atoms with Crippen LogP contribution in [-0.2, 0) is 14.2 Å². The minimum Gasteiger partial charge on any atom is -0.382 e. The molecule has 0 atom stereocenters. The topological polar surface area (TPSA) is 39.7 Å². The van der Waals surface area contributed by atoms with Gasteiger partial charge in [0.25, 0.3) is 0 Å². The van der Waals surface area contributed by atoms with E-state index < -0.39 is 0 Å². The Morgan fingerprint density at radius 3 is 2.60 bits per heavy atom. The molecule has 15 heavy (non-hydrogen) atoms. The first-order chi connectivity index (χ1) is 7.27. The van der Waals surface area contributed by atoms with Crippen LogP contribution >= 0.6 is 0 Å². The lowest BCUT2D eigenvalue weighted by Gasteiger charge is -2.34. The zero-order valence-corrected chi connectivity index (χ0v) is 9.88. The molecule has 0 saturated carbocycles. The summed E-state index contributed by atoms with van der Waals surface area (Å²) in [6, 6.07) is 0. The first-order valence-electron chi connectivity index (χ1n) is 5.66. The molecule has 1 aliphatic rings. The summed E-state index contributed by atoms with van der Waals surface area (Å²) in [5.74, 6) is 0. The van der Waals surface area contributed by atoms with Gasteiger partial charge in [0.2, 0.25) is 0 Å². The fourth-order valence-corrected chi connectivity index (χ4v) is 1.67. The van der Waals surface area contributed by atoms with Crippen molar-refractivity contribution in [1.82, 2.24) is 5.32 Å². The number of methoxy groups -OCH3 is 1. The monoisotopic (exact) mass is 217 g/mol. The molecule has 0 unspecified atom stereocenters. The Balaban J connectivity index is 1.98. The second kappa shape index (κ2) is 7.17. The number of hydrogen-bond donors (Lipinski definition) is 1. The number of nitrogens with one attached hydrogen (secondary N) is 1. The fraction of sp³-hybridized carbons (Fsp3) is 1.00. The lowest BCUT2D eigenvalue weighted by Crippen LogP contribution is -2.47. The molecule has 90 valence electrons. The lowest BCUT2D eigenvalue weighted by atomic mass is 9.93. The van der Waals surface area contributed by atoms with Crippen molar-refractivity contribution >= 4 is 0 Å². The van der Waals surface area contributed by atoms with Crippen LogP contribution in [0.4, 0.5) is 0 Å². The Labute approximate surface area is 92.3 Å². The normalized spacial score (nSPS) is 20.4. The first kappa shape index (κ1) is 12.9. The van der Waals surface area contributed by atoms with Gasteiger partial charge in [0.05, 0.1) is 19.8 Å². The van der Waals surface area contributed by atoms with Crippen molar-refractivity contribution in [2.75, 3.05) is 46.7 Å². The quantitative estimate of drug-likeness (QED) is 0.641. The van der Waals surface area contributed by atoms with Crippen LogP contribution in [0.1, 0.15) is 19.8 Å². The molecule has 4 nitrogen and oxygen atoms in total. The molecule has 0 radical (unpaired) electrons. The first-order valence-corrected chi connectivity index (χ1v) is 5.66. The zero-order chi connectivity index (χ0) is 11.0. The average molecular weight is 217 g/mol. The molecule has 0 aliphatic carbocycles. The molecular formula is C11H23NO3. The summed E-state index contributed by atoms with van der Waals surface area (Å²) in [5, 5.41) is 3.53. The van der Waals surface area contributed by atoms with Crippen LogP contribution in [-0.4, -0.2) is 52.2 Å². The van der Waals surface area contributed by atoms with Gasteiger partial charge < -0.3 is 19.5 Å². The maximum atomic E-state index is 5.39. The van der Waals surface area contributed by atoms with Gasteiger partial charge in [-0.15, -0.1) is 0 Å². The standard InChI is InChI=1S/C11H23NO3/c1-11(3-6-14-7-4-11)12-5-8-15-10-9-13-2/h12H,3-10H2,1-2H3. The summed E-state index contributed by atoms with van der Waals surface area (Å²) < 4.78 is 15.6. The smallest absolute Gasteiger partial charge is 0.0700 e. The number of ether oxygens (including phenoxy) is 3. The van der Waals surface area contributed by atoms with Gasteiger partial charge in [0, 0.05) is 32.4 Å². The Morgan fingerprint density at radius 2 is 1.93 bits per heavy atom. The van der Waals surface area contributed by atoms with Gasteiger partial charge in [-0.3, -0.25) is 0 Å². The molecule has 0 amide bonds. The van der Waals surface area contributed by atoms with E-state index in [0.29, 0.717) is 13.2 Å². The van der Waals surface area contributed by atoms with Gasteiger partial charge in [-0.2, -0.15) is 0 Å². The van der Waals surface area contributed by atoms with E-state index in [1.807, 2.05) is 0 Å². The van der Waals surface area contributed by atoms with E-state index in [2.05, 4.69) is 12.2 Å². The molecule has 1 N–H and O–H groups in total. The van der Waals surface area contributed by atoms with E-state index in [1.54, 1.807) is 7.11 Å². The Kier molecular flexibility index (Phi) is 6.17. The molecule has 0 aromatic rings. The molecule has 0 bridgehead atoms. The van der Waals surface area contributed by atoms with Crippen LogP contribution < -0.4 is 5.32 Å². The van der Waals surface area contributed by atoms with Crippen LogP contribution in [0.15, 0.2) is 0 Å². The molecular weight excluding hydrogens is 194 g/mol. The van der Waals surface area contributed by atoms with Crippen molar-refractivity contribution < 1.29 is 14.2 Å². The predicted molar refractivity (Wildman–Crippen MR) is 59.2 cm³/mol. The van der Waals surface area contributed by atoms with Crippen molar-refractivity contribution in [3.63, 3.8) is 0 Å². The largest absolute Gasteiger partial charge is 0.382 e. The third-order valence-electron chi connectivity index (χ3n) is 2.83. The van der Waals surface area contributed by atoms with Gasteiger partial charge in [0.15, 0.2) is 0 Å². The molecule has 1 rings (SSSR count). The summed E-state index contributed by atoms with van der Waals surface area (Å²) >= 11 is 0. The lowest BCUT2D eigenvalue weighted by molar-refractivity contribution is 0.0358. The average Bonchev–Trinajstić information content (AvgIpc) is 2.24. The predicted octanol–water partition coefficient (Wildman–Crippen LogP) is 0.808. The summed E-state index contributed by atoms with van der Waals surface area (Å²) in [4.78, 5) is 0. The highest BCUT2D eigenvalue weighted by Crippen LogP contribution is 2.18. The van der Waals surface area contributed by atoms with E-state index in [-0.39, 0.29) is 5.54 Å². The highest BCUT2D eigenvalue weighted by atomic mass is 16.5. The molecule has 1 saturated heterocycles. The SMILES string of the molecule is COCCOCCNC1(C)CCOCC1. The van der Waals surface area contributed by atoms with Crippen molar-refractivity contribution in [2.24, 2.45) is 0 Å². The third-order valence-corrected chi connectivity index (χ3v) is 2.83. The van der Waals surface area contributed by atoms with Crippen LogP contribution in [0.5, 0.6) is 0 Å². The molecule has 4 heteroatoms. The Bertz CT molecular complexity index is 158. The Hall–Kier alpha value is -0.160. The summed E-state index contributed by atoms with van der Waals surface area (Å²) in [7, 11) is 1.69. The van der Waals surface area contributed by atoms with Crippen LogP contribution in [0.25, 0.3) is 0 Å². The second-order valence-electron chi connectivity index (χ2n) is 4.20. The van der Waals surface area contributed by atoms with Crippen molar-refractivity contribution in [1.29, 1.82) is 0 Å². The van der Waals surface area contributed by atoms with E-state index in [4.69, 9.17) is 14.2 Å². The zero-order valence-electron chi connectivity index (χ0n) is 9.88. The second-order valence-corrected chi connectivity index (χ2v) is 4.20. The number of hydrogen-bond acceptors (Lipinski definition) is 4. The van der Waals surface area contributed by atoms with Crippen LogP contribution in [0, 0.1) is 0 Å². The van der Waals surface area contributed by atoms with Crippen molar-refractivity contribution in [3.05, 3.63) is 0 Å². The van der Waals surface area contributed by atoms with Gasteiger partial charge in [-0.05, 0) is 19.8 Å². The van der Waals surface area contributed by atoms with E-state index in [0.717, 1.165) is 39.2 Å². The van der Waals surface area contributed by atoms with E-state index >= 15 is 0 Å². The maximum absolute atomic E-state index is 5.39. The molecule has 1 aliphatic heterocycles. The summed E-state index contributed by atoms with van der Waals surface area (Å²) in [6.07, 6.45) is 2.18. The van der Waals surface area contributed by atoms with Crippen molar-refractivity contribution in [2.45, 2.75) is 25.3 Å². The van der Waals surface area contributed by atoms with E-state index in [1.165, 1.54) is 0 Å². The van der Waals surface area contributed by atoms with Gasteiger partial charge in [0.1, 0.15) is 0 Å². The van der Waals surface area contributed by atoms with Crippen LogP contribution in [0.3, 0.4) is 0 Å². The van der Waals surface area contributed by atoms with Crippen molar-refractivity contribution in [3.8, 4) is 0 Å². The van der Waals surface area contributed by atoms with Gasteiger partial charge in [-0.25, -0.2) is 0 Å². The van der Waals surface area contributed by atoms with E-state index in [9.17, 15) is 0 Å². The molecule has 1 fully saturated rings. The minimum atomic E-state index is 0.239. The Morgan fingerprint density at radius 1 is 1.20 bits per heavy atom. The van der Waals surface area contributed by atoms with Gasteiger partial charge in [-0.1, -0.05) is 0 Å². The highest BCUT2D eigenvalue weighted by molar-refractivity contribution is 4.84. The minimum absolute atomic E-state index is 0.239.